The van der Waals surface area contributed by atoms with Gasteiger partial charge in [0.1, 0.15) is 11.3 Å². The Hall–Kier alpha value is -3.87. The summed E-state index contributed by atoms with van der Waals surface area (Å²) in [6.07, 6.45) is 5.14. The molecule has 0 bridgehead atoms. The molecule has 0 aliphatic rings. The average molecular weight is 424 g/mol. The summed E-state index contributed by atoms with van der Waals surface area (Å²) in [6, 6.07) is 18.9. The standard InChI is InChI=1S/C25H25N7/c1-3-4-9-23-27-22-14-17(2)15-26-25(22)32(23)16-18-10-12-19(13-11-18)20-7-5-6-8-21(20)24-28-30-31-29-24/h5-8,10-15H,3-4,9,16H2,1-2H3,(H,28,29,30,31). The molecule has 0 aliphatic carbocycles. The summed E-state index contributed by atoms with van der Waals surface area (Å²) in [6.45, 7) is 5.02. The highest BCUT2D eigenvalue weighted by Gasteiger charge is 2.14. The van der Waals surface area contributed by atoms with Crippen molar-refractivity contribution in [2.45, 2.75) is 39.7 Å². The van der Waals surface area contributed by atoms with Crippen LogP contribution in [0.2, 0.25) is 0 Å². The van der Waals surface area contributed by atoms with Crippen molar-refractivity contribution in [2.75, 3.05) is 0 Å². The molecule has 0 amide bonds. The van der Waals surface area contributed by atoms with Crippen molar-refractivity contribution in [3.63, 3.8) is 0 Å². The lowest BCUT2D eigenvalue weighted by Gasteiger charge is -2.11. The van der Waals surface area contributed by atoms with Crippen LogP contribution in [0.25, 0.3) is 33.7 Å². The van der Waals surface area contributed by atoms with Crippen molar-refractivity contribution in [3.05, 3.63) is 77.7 Å². The molecule has 3 aromatic heterocycles. The number of tetrazole rings is 1. The van der Waals surface area contributed by atoms with Crippen molar-refractivity contribution >= 4 is 11.2 Å². The lowest BCUT2D eigenvalue weighted by Crippen LogP contribution is -2.06. The Balaban J connectivity index is 1.47. The molecule has 160 valence electrons. The van der Waals surface area contributed by atoms with Gasteiger partial charge >= 0.3 is 0 Å². The Bertz CT molecular complexity index is 1340. The first-order chi connectivity index (χ1) is 15.7. The van der Waals surface area contributed by atoms with Crippen LogP contribution in [-0.2, 0) is 13.0 Å². The zero-order valence-electron chi connectivity index (χ0n) is 18.3. The number of rotatable bonds is 7. The van der Waals surface area contributed by atoms with Gasteiger partial charge in [0, 0.05) is 18.2 Å². The van der Waals surface area contributed by atoms with Crippen LogP contribution in [0.15, 0.2) is 60.8 Å². The third-order valence-electron chi connectivity index (χ3n) is 5.67. The molecule has 2 aromatic carbocycles. The van der Waals surface area contributed by atoms with Gasteiger partial charge in [-0.25, -0.2) is 9.97 Å². The van der Waals surface area contributed by atoms with Gasteiger partial charge in [-0.1, -0.05) is 61.9 Å². The third-order valence-corrected chi connectivity index (χ3v) is 5.67. The van der Waals surface area contributed by atoms with E-state index < -0.39 is 0 Å². The van der Waals surface area contributed by atoms with E-state index in [2.05, 4.69) is 80.4 Å². The monoisotopic (exact) mass is 423 g/mol. The Kier molecular flexibility index (Phi) is 5.46. The highest BCUT2D eigenvalue weighted by molar-refractivity contribution is 5.80. The van der Waals surface area contributed by atoms with Gasteiger partial charge in [0.25, 0.3) is 0 Å². The van der Waals surface area contributed by atoms with E-state index in [1.165, 1.54) is 5.56 Å². The first-order valence-electron chi connectivity index (χ1n) is 11.0. The molecule has 0 unspecified atom stereocenters. The fourth-order valence-electron chi connectivity index (χ4n) is 4.03. The molecule has 0 saturated heterocycles. The molecule has 7 heteroatoms. The predicted molar refractivity (Wildman–Crippen MR) is 125 cm³/mol. The molecule has 0 radical (unpaired) electrons. The van der Waals surface area contributed by atoms with Gasteiger partial charge in [-0.15, -0.1) is 10.2 Å². The normalized spacial score (nSPS) is 11.3. The summed E-state index contributed by atoms with van der Waals surface area (Å²) in [5, 5.41) is 14.5. The van der Waals surface area contributed by atoms with E-state index in [0.29, 0.717) is 5.82 Å². The topological polar surface area (TPSA) is 85.2 Å². The van der Waals surface area contributed by atoms with E-state index >= 15 is 0 Å². The molecular formula is C25H25N7. The number of nitrogens with one attached hydrogen (secondary N) is 1. The van der Waals surface area contributed by atoms with E-state index in [4.69, 9.17) is 4.98 Å². The summed E-state index contributed by atoms with van der Waals surface area (Å²) in [7, 11) is 0. The Morgan fingerprint density at radius 1 is 1.00 bits per heavy atom. The zero-order valence-corrected chi connectivity index (χ0v) is 18.3. The second-order valence-electron chi connectivity index (χ2n) is 8.05. The fourth-order valence-corrected chi connectivity index (χ4v) is 4.03. The van der Waals surface area contributed by atoms with E-state index in [1.807, 2.05) is 24.4 Å². The van der Waals surface area contributed by atoms with Crippen molar-refractivity contribution < 1.29 is 0 Å². The molecule has 7 nitrogen and oxygen atoms in total. The van der Waals surface area contributed by atoms with Gasteiger partial charge in [-0.05, 0) is 46.9 Å². The Morgan fingerprint density at radius 3 is 2.56 bits per heavy atom. The molecule has 0 fully saturated rings. The first kappa shape index (κ1) is 20.1. The summed E-state index contributed by atoms with van der Waals surface area (Å²) < 4.78 is 2.26. The summed E-state index contributed by atoms with van der Waals surface area (Å²) in [5.41, 5.74) is 7.42. The number of fused-ring (bicyclic) bond motifs is 1. The van der Waals surface area contributed by atoms with Crippen LogP contribution < -0.4 is 0 Å². The highest BCUT2D eigenvalue weighted by atomic mass is 15.5. The van der Waals surface area contributed by atoms with E-state index in [0.717, 1.165) is 65.0 Å². The maximum absolute atomic E-state index is 4.89. The zero-order chi connectivity index (χ0) is 21.9. The van der Waals surface area contributed by atoms with Crippen LogP contribution in [0.1, 0.15) is 36.7 Å². The predicted octanol–water partition coefficient (Wildman–Crippen LogP) is 4.98. The number of hydrogen-bond donors (Lipinski definition) is 1. The minimum absolute atomic E-state index is 0.594. The maximum Gasteiger partial charge on any atom is 0.205 e. The number of hydrogen-bond acceptors (Lipinski definition) is 5. The SMILES string of the molecule is CCCCc1nc2cc(C)cnc2n1Cc1ccc(-c2ccccc2-c2nn[nH]n2)cc1. The number of benzene rings is 2. The van der Waals surface area contributed by atoms with Crippen LogP contribution in [-0.4, -0.2) is 35.2 Å². The summed E-state index contributed by atoms with van der Waals surface area (Å²) in [5.74, 6) is 1.70. The lowest BCUT2D eigenvalue weighted by atomic mass is 9.98. The number of H-pyrrole nitrogens is 1. The number of aryl methyl sites for hydroxylation is 2. The van der Waals surface area contributed by atoms with Crippen LogP contribution in [0, 0.1) is 6.92 Å². The molecule has 32 heavy (non-hydrogen) atoms. The highest BCUT2D eigenvalue weighted by Crippen LogP contribution is 2.30. The first-order valence-corrected chi connectivity index (χ1v) is 11.0. The Morgan fingerprint density at radius 2 is 1.81 bits per heavy atom. The summed E-state index contributed by atoms with van der Waals surface area (Å²) in [4.78, 5) is 9.58. The quantitative estimate of drug-likeness (QED) is 0.399. The molecule has 0 aliphatic heterocycles. The van der Waals surface area contributed by atoms with Gasteiger partial charge in [-0.2, -0.15) is 5.21 Å². The third kappa shape index (κ3) is 3.89. The molecule has 5 rings (SSSR count). The van der Waals surface area contributed by atoms with Gasteiger partial charge in [0.05, 0.1) is 6.54 Å². The van der Waals surface area contributed by atoms with Gasteiger partial charge in [-0.3, -0.25) is 0 Å². The van der Waals surface area contributed by atoms with E-state index in [1.54, 1.807) is 0 Å². The summed E-state index contributed by atoms with van der Waals surface area (Å²) >= 11 is 0. The fraction of sp³-hybridized carbons (Fsp3) is 0.240. The van der Waals surface area contributed by atoms with Gasteiger partial charge < -0.3 is 4.57 Å². The van der Waals surface area contributed by atoms with E-state index in [-0.39, 0.29) is 0 Å². The van der Waals surface area contributed by atoms with Crippen LogP contribution in [0.4, 0.5) is 0 Å². The molecule has 0 saturated carbocycles. The number of imidazole rings is 1. The molecule has 3 heterocycles. The van der Waals surface area contributed by atoms with Crippen molar-refractivity contribution in [2.24, 2.45) is 0 Å². The number of pyridine rings is 1. The number of aromatic amines is 1. The smallest absolute Gasteiger partial charge is 0.205 e. The van der Waals surface area contributed by atoms with Gasteiger partial charge in [0.15, 0.2) is 5.65 Å². The van der Waals surface area contributed by atoms with Crippen LogP contribution in [0.5, 0.6) is 0 Å². The lowest BCUT2D eigenvalue weighted by molar-refractivity contribution is 0.686. The minimum atomic E-state index is 0.594. The average Bonchev–Trinajstić information content (AvgIpc) is 3.47. The molecular weight excluding hydrogens is 398 g/mol. The van der Waals surface area contributed by atoms with Crippen molar-refractivity contribution in [1.82, 2.24) is 35.2 Å². The van der Waals surface area contributed by atoms with Crippen LogP contribution >= 0.6 is 0 Å². The van der Waals surface area contributed by atoms with E-state index in [9.17, 15) is 0 Å². The minimum Gasteiger partial charge on any atom is -0.308 e. The van der Waals surface area contributed by atoms with Crippen LogP contribution in [0.3, 0.4) is 0 Å². The van der Waals surface area contributed by atoms with Gasteiger partial charge in [0.2, 0.25) is 5.82 Å². The number of aromatic nitrogens is 7. The Labute approximate surface area is 186 Å². The number of nitrogens with zero attached hydrogens (tertiary/aromatic N) is 6. The second-order valence-corrected chi connectivity index (χ2v) is 8.05. The molecule has 1 N–H and O–H groups in total. The molecule has 5 aromatic rings. The molecule has 0 spiro atoms. The number of unbranched alkanes of at least 4 members (excludes halogenated alkanes) is 1. The maximum atomic E-state index is 4.89. The second kappa shape index (κ2) is 8.70. The van der Waals surface area contributed by atoms with Crippen molar-refractivity contribution in [3.8, 4) is 22.5 Å². The largest absolute Gasteiger partial charge is 0.308 e. The molecule has 0 atom stereocenters. The van der Waals surface area contributed by atoms with Crippen molar-refractivity contribution in [1.29, 1.82) is 0 Å².